The summed E-state index contributed by atoms with van der Waals surface area (Å²) in [4.78, 5) is 10.9. The summed E-state index contributed by atoms with van der Waals surface area (Å²) in [6.45, 7) is 1.78. The van der Waals surface area contributed by atoms with Crippen molar-refractivity contribution < 1.29 is 13.9 Å². The second-order valence-electron chi connectivity index (χ2n) is 2.99. The molecule has 1 aromatic rings. The monoisotopic (exact) mass is 275 g/mol. The van der Waals surface area contributed by atoms with Crippen LogP contribution in [0.15, 0.2) is 22.7 Å². The molecule has 3 nitrogen and oxygen atoms in total. The predicted octanol–water partition coefficient (Wildman–Crippen LogP) is 2.23. The molecule has 1 unspecified atom stereocenters. The third kappa shape index (κ3) is 3.20. The van der Waals surface area contributed by atoms with Crippen molar-refractivity contribution in [3.63, 3.8) is 0 Å². The molecule has 0 spiro atoms. The van der Waals surface area contributed by atoms with Crippen molar-refractivity contribution in [1.29, 1.82) is 0 Å². The fraction of sp³-hybridized carbons (Fsp3) is 0.300. The standard InChI is InChI=1S/C10H11BrFNO2/c1-2-8(10(13)14)15-9-4-3-6(12)5-7(9)11/h3-5,8H,2H2,1H3,(H2,13,14). The zero-order valence-corrected chi connectivity index (χ0v) is 9.75. The fourth-order valence-electron chi connectivity index (χ4n) is 1.07. The SMILES string of the molecule is CCC(Oc1ccc(F)cc1Br)C(N)=O. The first-order valence-electron chi connectivity index (χ1n) is 4.45. The molecule has 15 heavy (non-hydrogen) atoms. The van der Waals surface area contributed by atoms with Crippen LogP contribution in [-0.2, 0) is 4.79 Å². The van der Waals surface area contributed by atoms with E-state index >= 15 is 0 Å². The summed E-state index contributed by atoms with van der Waals surface area (Å²) in [5.74, 6) is -0.503. The lowest BCUT2D eigenvalue weighted by atomic mass is 10.2. The van der Waals surface area contributed by atoms with Gasteiger partial charge in [-0.1, -0.05) is 6.92 Å². The molecule has 0 aliphatic rings. The molecule has 0 heterocycles. The molecular formula is C10H11BrFNO2. The van der Waals surface area contributed by atoms with Crippen LogP contribution in [0.2, 0.25) is 0 Å². The number of amides is 1. The summed E-state index contributed by atoms with van der Waals surface area (Å²) >= 11 is 3.14. The van der Waals surface area contributed by atoms with Gasteiger partial charge in [0.15, 0.2) is 6.10 Å². The highest BCUT2D eigenvalue weighted by Crippen LogP contribution is 2.26. The van der Waals surface area contributed by atoms with E-state index in [1.165, 1.54) is 18.2 Å². The molecule has 0 bridgehead atoms. The van der Waals surface area contributed by atoms with E-state index in [4.69, 9.17) is 10.5 Å². The summed E-state index contributed by atoms with van der Waals surface area (Å²) in [7, 11) is 0. The van der Waals surface area contributed by atoms with Crippen molar-refractivity contribution in [1.82, 2.24) is 0 Å². The normalized spacial score (nSPS) is 12.2. The van der Waals surface area contributed by atoms with Crippen LogP contribution in [0.5, 0.6) is 5.75 Å². The summed E-state index contributed by atoms with van der Waals surface area (Å²) < 4.78 is 18.5. The summed E-state index contributed by atoms with van der Waals surface area (Å²) in [6, 6.07) is 3.97. The largest absolute Gasteiger partial charge is 0.479 e. The van der Waals surface area contributed by atoms with E-state index < -0.39 is 12.0 Å². The van der Waals surface area contributed by atoms with Gasteiger partial charge >= 0.3 is 0 Å². The number of nitrogens with two attached hydrogens (primary N) is 1. The molecule has 5 heteroatoms. The first kappa shape index (κ1) is 12.0. The fourth-order valence-corrected chi connectivity index (χ4v) is 1.51. The summed E-state index contributed by atoms with van der Waals surface area (Å²) in [5, 5.41) is 0. The van der Waals surface area contributed by atoms with E-state index in [0.717, 1.165) is 0 Å². The molecule has 1 amide bonds. The first-order valence-corrected chi connectivity index (χ1v) is 5.25. The van der Waals surface area contributed by atoms with Crippen LogP contribution in [0.4, 0.5) is 4.39 Å². The van der Waals surface area contributed by atoms with Crippen LogP contribution >= 0.6 is 15.9 Å². The van der Waals surface area contributed by atoms with Gasteiger partial charge in [-0.25, -0.2) is 4.39 Å². The van der Waals surface area contributed by atoms with Crippen LogP contribution in [0.25, 0.3) is 0 Å². The zero-order chi connectivity index (χ0) is 11.4. The Morgan fingerprint density at radius 1 is 1.67 bits per heavy atom. The lowest BCUT2D eigenvalue weighted by molar-refractivity contribution is -0.124. The third-order valence-electron chi connectivity index (χ3n) is 1.85. The van der Waals surface area contributed by atoms with Gasteiger partial charge in [0.2, 0.25) is 0 Å². The molecule has 0 saturated heterocycles. The molecule has 0 fully saturated rings. The molecule has 1 aromatic carbocycles. The maximum atomic E-state index is 12.7. The quantitative estimate of drug-likeness (QED) is 0.916. The van der Waals surface area contributed by atoms with E-state index in [1.54, 1.807) is 6.92 Å². The second kappa shape index (κ2) is 5.11. The van der Waals surface area contributed by atoms with E-state index in [1.807, 2.05) is 0 Å². The molecule has 2 N–H and O–H groups in total. The average Bonchev–Trinajstić information content (AvgIpc) is 2.16. The van der Waals surface area contributed by atoms with E-state index in [0.29, 0.717) is 16.6 Å². The van der Waals surface area contributed by atoms with Gasteiger partial charge < -0.3 is 10.5 Å². The maximum absolute atomic E-state index is 12.7. The van der Waals surface area contributed by atoms with Crippen LogP contribution < -0.4 is 10.5 Å². The highest BCUT2D eigenvalue weighted by molar-refractivity contribution is 9.10. The number of ether oxygens (including phenoxy) is 1. The summed E-state index contributed by atoms with van der Waals surface area (Å²) in [5.41, 5.74) is 5.12. The Hall–Kier alpha value is -1.10. The number of halogens is 2. The Kier molecular flexibility index (Phi) is 4.08. The van der Waals surface area contributed by atoms with Crippen LogP contribution in [0.3, 0.4) is 0 Å². The van der Waals surface area contributed by atoms with Crippen molar-refractivity contribution in [2.45, 2.75) is 19.4 Å². The highest BCUT2D eigenvalue weighted by Gasteiger charge is 2.16. The van der Waals surface area contributed by atoms with Gasteiger partial charge in [0.25, 0.3) is 5.91 Å². The number of hydrogen-bond donors (Lipinski definition) is 1. The van der Waals surface area contributed by atoms with Crippen LogP contribution in [-0.4, -0.2) is 12.0 Å². The maximum Gasteiger partial charge on any atom is 0.258 e. The Morgan fingerprint density at radius 2 is 2.33 bits per heavy atom. The number of rotatable bonds is 4. The Morgan fingerprint density at radius 3 is 2.80 bits per heavy atom. The molecule has 0 saturated carbocycles. The molecule has 1 rings (SSSR count). The molecule has 0 radical (unpaired) electrons. The summed E-state index contributed by atoms with van der Waals surface area (Å²) in [6.07, 6.45) is -0.217. The van der Waals surface area contributed by atoms with Crippen LogP contribution in [0, 0.1) is 5.82 Å². The minimum absolute atomic E-state index is 0.374. The van der Waals surface area contributed by atoms with Gasteiger partial charge in [-0.3, -0.25) is 4.79 Å². The van der Waals surface area contributed by atoms with Gasteiger partial charge in [-0.2, -0.15) is 0 Å². The lowest BCUT2D eigenvalue weighted by Crippen LogP contribution is -2.33. The van der Waals surface area contributed by atoms with Crippen molar-refractivity contribution >= 4 is 21.8 Å². The van der Waals surface area contributed by atoms with Crippen molar-refractivity contribution in [3.8, 4) is 5.75 Å². The number of hydrogen-bond acceptors (Lipinski definition) is 2. The van der Waals surface area contributed by atoms with Gasteiger partial charge in [0.05, 0.1) is 4.47 Å². The topological polar surface area (TPSA) is 52.3 Å². The molecule has 1 atom stereocenters. The molecule has 0 aromatic heterocycles. The average molecular weight is 276 g/mol. The molecular weight excluding hydrogens is 265 g/mol. The Balaban J connectivity index is 2.84. The van der Waals surface area contributed by atoms with Crippen molar-refractivity contribution in [2.75, 3.05) is 0 Å². The van der Waals surface area contributed by atoms with Crippen molar-refractivity contribution in [3.05, 3.63) is 28.5 Å². The number of carbonyl (C=O) groups is 1. The third-order valence-corrected chi connectivity index (χ3v) is 2.47. The molecule has 82 valence electrons. The van der Waals surface area contributed by atoms with E-state index in [-0.39, 0.29) is 5.82 Å². The number of carbonyl (C=O) groups excluding carboxylic acids is 1. The number of benzene rings is 1. The Labute approximate surface area is 95.5 Å². The van der Waals surface area contributed by atoms with E-state index in [9.17, 15) is 9.18 Å². The van der Waals surface area contributed by atoms with Gasteiger partial charge in [-0.15, -0.1) is 0 Å². The minimum Gasteiger partial charge on any atom is -0.479 e. The highest BCUT2D eigenvalue weighted by atomic mass is 79.9. The molecule has 0 aliphatic heterocycles. The van der Waals surface area contributed by atoms with Gasteiger partial charge in [0.1, 0.15) is 11.6 Å². The zero-order valence-electron chi connectivity index (χ0n) is 8.17. The lowest BCUT2D eigenvalue weighted by Gasteiger charge is -2.15. The van der Waals surface area contributed by atoms with E-state index in [2.05, 4.69) is 15.9 Å². The second-order valence-corrected chi connectivity index (χ2v) is 3.85. The first-order chi connectivity index (χ1) is 7.04. The Bertz CT molecular complexity index is 370. The molecule has 0 aliphatic carbocycles. The predicted molar refractivity (Wildman–Crippen MR) is 58.0 cm³/mol. The smallest absolute Gasteiger partial charge is 0.258 e. The van der Waals surface area contributed by atoms with Crippen molar-refractivity contribution in [2.24, 2.45) is 5.73 Å². The number of primary amides is 1. The minimum atomic E-state index is -0.688. The van der Waals surface area contributed by atoms with Gasteiger partial charge in [-0.05, 0) is 40.5 Å². The van der Waals surface area contributed by atoms with Gasteiger partial charge in [0, 0.05) is 0 Å². The van der Waals surface area contributed by atoms with Crippen LogP contribution in [0.1, 0.15) is 13.3 Å².